The number of methoxy groups -OCH3 is 1. The summed E-state index contributed by atoms with van der Waals surface area (Å²) >= 11 is 5.90. The van der Waals surface area contributed by atoms with Gasteiger partial charge < -0.3 is 20.5 Å². The van der Waals surface area contributed by atoms with Gasteiger partial charge in [-0.1, -0.05) is 54.1 Å². The summed E-state index contributed by atoms with van der Waals surface area (Å²) in [5.74, 6) is -0.139. The van der Waals surface area contributed by atoms with Crippen LogP contribution in [-0.4, -0.2) is 25.0 Å². The highest BCUT2D eigenvalue weighted by atomic mass is 35.5. The highest BCUT2D eigenvalue weighted by Gasteiger charge is 2.20. The Morgan fingerprint density at radius 2 is 1.68 bits per heavy atom. The third kappa shape index (κ3) is 6.23. The van der Waals surface area contributed by atoms with Gasteiger partial charge in [0.05, 0.1) is 7.11 Å². The molecule has 3 aromatic rings. The van der Waals surface area contributed by atoms with Crippen LogP contribution in [0.4, 0.5) is 0 Å². The van der Waals surface area contributed by atoms with Crippen molar-refractivity contribution in [3.8, 4) is 11.5 Å². The molecule has 2 amide bonds. The van der Waals surface area contributed by atoms with Gasteiger partial charge in [0.1, 0.15) is 12.6 Å². The molecule has 0 heterocycles. The fourth-order valence-electron chi connectivity index (χ4n) is 2.98. The number of amides is 2. The lowest BCUT2D eigenvalue weighted by Crippen LogP contribution is -2.45. The smallest absolute Gasteiger partial charge is 0.252 e. The fourth-order valence-corrected chi connectivity index (χ4v) is 3.11. The van der Waals surface area contributed by atoms with E-state index in [1.54, 1.807) is 30.3 Å². The Labute approximate surface area is 185 Å². The highest BCUT2D eigenvalue weighted by Crippen LogP contribution is 2.29. The van der Waals surface area contributed by atoms with Crippen molar-refractivity contribution in [2.45, 2.75) is 19.1 Å². The van der Waals surface area contributed by atoms with Crippen LogP contribution < -0.4 is 20.5 Å². The van der Waals surface area contributed by atoms with E-state index in [9.17, 15) is 9.59 Å². The van der Waals surface area contributed by atoms with Gasteiger partial charge >= 0.3 is 0 Å². The van der Waals surface area contributed by atoms with Crippen molar-refractivity contribution in [1.29, 1.82) is 0 Å². The fraction of sp³-hybridized carbons (Fsp3) is 0.167. The van der Waals surface area contributed by atoms with Crippen molar-refractivity contribution in [1.82, 2.24) is 5.32 Å². The molecule has 0 radical (unpaired) electrons. The predicted octanol–water partition coefficient (Wildman–Crippen LogP) is 3.75. The van der Waals surface area contributed by atoms with Gasteiger partial charge in [0, 0.05) is 17.0 Å². The Kier molecular flexibility index (Phi) is 7.51. The second-order valence-electron chi connectivity index (χ2n) is 6.90. The van der Waals surface area contributed by atoms with Gasteiger partial charge in [-0.05, 0) is 41.5 Å². The number of hydrogen-bond acceptors (Lipinski definition) is 4. The maximum Gasteiger partial charge on any atom is 0.252 e. The molecule has 31 heavy (non-hydrogen) atoms. The summed E-state index contributed by atoms with van der Waals surface area (Å²) in [4.78, 5) is 24.6. The Morgan fingerprint density at radius 3 is 2.32 bits per heavy atom. The zero-order chi connectivity index (χ0) is 22.2. The average Bonchev–Trinajstić information content (AvgIpc) is 2.78. The van der Waals surface area contributed by atoms with Crippen LogP contribution in [0.5, 0.6) is 11.5 Å². The third-order valence-electron chi connectivity index (χ3n) is 4.66. The molecule has 7 heteroatoms. The molecule has 0 aromatic heterocycles. The van der Waals surface area contributed by atoms with Crippen LogP contribution in [0.2, 0.25) is 5.02 Å². The largest absolute Gasteiger partial charge is 0.493 e. The highest BCUT2D eigenvalue weighted by molar-refractivity contribution is 6.30. The Bertz CT molecular complexity index is 1040. The standard InChI is InChI=1S/C24H23ClN2O4/c1-30-22-14-18(9-12-21(22)31-15-17-7-10-19(25)11-8-17)24(29)27-20(23(26)28)13-16-5-3-2-4-6-16/h2-12,14,20H,13,15H2,1H3,(H2,26,28)(H,27,29). The van der Waals surface area contributed by atoms with E-state index in [0.29, 0.717) is 35.1 Å². The van der Waals surface area contributed by atoms with E-state index in [-0.39, 0.29) is 0 Å². The summed E-state index contributed by atoms with van der Waals surface area (Å²) in [6.45, 7) is 0.319. The zero-order valence-corrected chi connectivity index (χ0v) is 17.8. The lowest BCUT2D eigenvalue weighted by Gasteiger charge is -2.17. The second kappa shape index (κ2) is 10.5. The molecule has 0 aliphatic heterocycles. The van der Waals surface area contributed by atoms with E-state index in [1.807, 2.05) is 42.5 Å². The molecule has 0 fully saturated rings. The molecule has 160 valence electrons. The number of primary amides is 1. The number of carbonyl (C=O) groups excluding carboxylic acids is 2. The van der Waals surface area contributed by atoms with E-state index in [2.05, 4.69) is 5.32 Å². The normalized spacial score (nSPS) is 11.4. The van der Waals surface area contributed by atoms with E-state index in [4.69, 9.17) is 26.8 Å². The summed E-state index contributed by atoms with van der Waals surface area (Å²) in [6, 6.07) is 20.7. The van der Waals surface area contributed by atoms with E-state index in [1.165, 1.54) is 7.11 Å². The summed E-state index contributed by atoms with van der Waals surface area (Å²) in [6.07, 6.45) is 0.307. The first-order valence-corrected chi connectivity index (χ1v) is 10.0. The minimum atomic E-state index is -0.832. The Balaban J connectivity index is 1.68. The molecule has 3 N–H and O–H groups in total. The van der Waals surface area contributed by atoms with Crippen molar-refractivity contribution in [2.24, 2.45) is 5.73 Å². The lowest BCUT2D eigenvalue weighted by molar-refractivity contribution is -0.119. The van der Waals surface area contributed by atoms with Gasteiger partial charge in [-0.15, -0.1) is 0 Å². The van der Waals surface area contributed by atoms with Gasteiger partial charge in [-0.3, -0.25) is 9.59 Å². The van der Waals surface area contributed by atoms with E-state index >= 15 is 0 Å². The molecule has 6 nitrogen and oxygen atoms in total. The number of benzene rings is 3. The molecular formula is C24H23ClN2O4. The lowest BCUT2D eigenvalue weighted by atomic mass is 10.0. The predicted molar refractivity (Wildman–Crippen MR) is 119 cm³/mol. The molecule has 3 rings (SSSR count). The maximum absolute atomic E-state index is 12.7. The Hall–Kier alpha value is -3.51. The average molecular weight is 439 g/mol. The summed E-state index contributed by atoms with van der Waals surface area (Å²) < 4.78 is 11.2. The third-order valence-corrected chi connectivity index (χ3v) is 4.92. The number of hydrogen-bond donors (Lipinski definition) is 2. The minimum Gasteiger partial charge on any atom is -0.493 e. The van der Waals surface area contributed by atoms with Crippen LogP contribution in [0.15, 0.2) is 72.8 Å². The van der Waals surface area contributed by atoms with Gasteiger partial charge in [-0.2, -0.15) is 0 Å². The molecule has 1 atom stereocenters. The van der Waals surface area contributed by atoms with Crippen LogP contribution in [0.25, 0.3) is 0 Å². The van der Waals surface area contributed by atoms with Crippen molar-refractivity contribution >= 4 is 23.4 Å². The number of nitrogens with one attached hydrogen (secondary N) is 1. The van der Waals surface area contributed by atoms with Crippen LogP contribution in [0.3, 0.4) is 0 Å². The summed E-state index contributed by atoms with van der Waals surface area (Å²) in [5.41, 5.74) is 7.66. The number of halogens is 1. The van der Waals surface area contributed by atoms with Crippen LogP contribution in [0, 0.1) is 0 Å². The molecule has 0 aliphatic carbocycles. The molecule has 1 unspecified atom stereocenters. The van der Waals surface area contributed by atoms with Gasteiger partial charge in [0.15, 0.2) is 11.5 Å². The van der Waals surface area contributed by atoms with E-state index < -0.39 is 17.9 Å². The summed E-state index contributed by atoms with van der Waals surface area (Å²) in [7, 11) is 1.49. The Morgan fingerprint density at radius 1 is 0.968 bits per heavy atom. The van der Waals surface area contributed by atoms with Crippen LogP contribution in [-0.2, 0) is 17.8 Å². The molecule has 0 saturated carbocycles. The molecule has 0 saturated heterocycles. The quantitative estimate of drug-likeness (QED) is 0.532. The number of nitrogens with two attached hydrogens (primary N) is 1. The second-order valence-corrected chi connectivity index (χ2v) is 7.34. The molecular weight excluding hydrogens is 416 g/mol. The van der Waals surface area contributed by atoms with E-state index in [0.717, 1.165) is 11.1 Å². The van der Waals surface area contributed by atoms with Crippen molar-refractivity contribution in [3.05, 3.63) is 94.5 Å². The first-order chi connectivity index (χ1) is 15.0. The van der Waals surface area contributed by atoms with Gasteiger partial charge in [0.25, 0.3) is 5.91 Å². The van der Waals surface area contributed by atoms with Crippen molar-refractivity contribution in [3.63, 3.8) is 0 Å². The maximum atomic E-state index is 12.7. The van der Waals surface area contributed by atoms with Crippen LogP contribution >= 0.6 is 11.6 Å². The molecule has 3 aromatic carbocycles. The number of carbonyl (C=O) groups is 2. The molecule has 0 spiro atoms. The zero-order valence-electron chi connectivity index (χ0n) is 17.0. The number of rotatable bonds is 9. The number of ether oxygens (including phenoxy) is 2. The van der Waals surface area contributed by atoms with Crippen molar-refractivity contribution in [2.75, 3.05) is 7.11 Å². The molecule has 0 bridgehead atoms. The first kappa shape index (κ1) is 22.2. The summed E-state index contributed by atoms with van der Waals surface area (Å²) in [5, 5.41) is 3.34. The monoisotopic (exact) mass is 438 g/mol. The van der Waals surface area contributed by atoms with Gasteiger partial charge in [-0.25, -0.2) is 0 Å². The first-order valence-electron chi connectivity index (χ1n) is 9.65. The van der Waals surface area contributed by atoms with Gasteiger partial charge in [0.2, 0.25) is 5.91 Å². The minimum absolute atomic E-state index is 0.307. The topological polar surface area (TPSA) is 90.6 Å². The van der Waals surface area contributed by atoms with Crippen LogP contribution in [0.1, 0.15) is 21.5 Å². The molecule has 0 aliphatic rings. The van der Waals surface area contributed by atoms with Crippen molar-refractivity contribution < 1.29 is 19.1 Å². The SMILES string of the molecule is COc1cc(C(=O)NC(Cc2ccccc2)C(N)=O)ccc1OCc1ccc(Cl)cc1.